The van der Waals surface area contributed by atoms with E-state index in [1.807, 2.05) is 37.3 Å². The number of carbonyl (C=O) groups excluding carboxylic acids is 1. The van der Waals surface area contributed by atoms with Crippen LogP contribution in [0.1, 0.15) is 82.3 Å². The van der Waals surface area contributed by atoms with Gasteiger partial charge in [-0.1, -0.05) is 48.9 Å². The van der Waals surface area contributed by atoms with Crippen LogP contribution in [-0.2, 0) is 4.79 Å². The van der Waals surface area contributed by atoms with Crippen LogP contribution in [0, 0.1) is 28.6 Å². The molecule has 166 valence electrons. The number of fused-ring (bicyclic) bond motifs is 4. The van der Waals surface area contributed by atoms with Gasteiger partial charge in [0.15, 0.2) is 5.78 Å². The Morgan fingerprint density at radius 1 is 1.16 bits per heavy atom. The summed E-state index contributed by atoms with van der Waals surface area (Å²) in [4.78, 5) is 11.9. The zero-order valence-corrected chi connectivity index (χ0v) is 19.3. The van der Waals surface area contributed by atoms with E-state index in [0.29, 0.717) is 24.7 Å². The number of nitriles is 1. The van der Waals surface area contributed by atoms with Crippen molar-refractivity contribution in [1.29, 1.82) is 5.26 Å². The molecule has 1 aromatic rings. The molecule has 0 aromatic heterocycles. The smallest absolute Gasteiger partial charge is 0.156 e. The molecule has 0 heterocycles. The van der Waals surface area contributed by atoms with Crippen molar-refractivity contribution in [3.05, 3.63) is 64.8 Å². The second-order valence-corrected chi connectivity index (χ2v) is 10.7. The second kappa shape index (κ2) is 7.56. The molecule has 2 fully saturated rings. The van der Waals surface area contributed by atoms with Crippen molar-refractivity contribution < 1.29 is 9.90 Å². The Morgan fingerprint density at radius 3 is 2.59 bits per heavy atom. The van der Waals surface area contributed by atoms with Gasteiger partial charge in [-0.2, -0.15) is 5.26 Å². The fraction of sp³-hybridized carbons (Fsp3) is 0.517. The van der Waals surface area contributed by atoms with Gasteiger partial charge in [0.05, 0.1) is 11.7 Å². The molecular weight excluding hydrogens is 394 g/mol. The maximum atomic E-state index is 12.2. The fourth-order valence-electron chi connectivity index (χ4n) is 7.47. The monoisotopic (exact) mass is 427 g/mol. The standard InChI is InChI=1S/C29H33NO2/c1-18(2)19-4-6-20(7-5-19)27(17-30)29(32)15-13-26-25-10-8-21-16-22(31)9-11-23(21)24(25)12-14-28(26,29)3/h4-7,16,25-27,32H,1,8-15H2,2-3H3/t25-,26+,27+,28+,29+/m1/s1. The van der Waals surface area contributed by atoms with Crippen molar-refractivity contribution in [2.45, 2.75) is 76.7 Å². The van der Waals surface area contributed by atoms with Gasteiger partial charge in [-0.15, -0.1) is 0 Å². The van der Waals surface area contributed by atoms with Crippen molar-refractivity contribution >= 4 is 11.4 Å². The number of allylic oxidation sites excluding steroid dienone is 5. The molecule has 0 amide bonds. The first-order chi connectivity index (χ1) is 15.3. The minimum Gasteiger partial charge on any atom is -0.388 e. The summed E-state index contributed by atoms with van der Waals surface area (Å²) < 4.78 is 0. The van der Waals surface area contributed by atoms with E-state index in [9.17, 15) is 15.2 Å². The highest BCUT2D eigenvalue weighted by Crippen LogP contribution is 2.66. The van der Waals surface area contributed by atoms with Crippen LogP contribution in [0.4, 0.5) is 0 Å². The Kier molecular flexibility index (Phi) is 5.06. The van der Waals surface area contributed by atoms with E-state index in [1.165, 1.54) is 11.1 Å². The first-order valence-electron chi connectivity index (χ1n) is 12.1. The molecule has 4 aliphatic carbocycles. The van der Waals surface area contributed by atoms with Crippen LogP contribution in [0.3, 0.4) is 0 Å². The third-order valence-electron chi connectivity index (χ3n) is 9.29. The Balaban J connectivity index is 1.49. The largest absolute Gasteiger partial charge is 0.388 e. The summed E-state index contributed by atoms with van der Waals surface area (Å²) in [5.74, 6) is 0.618. The molecule has 2 saturated carbocycles. The van der Waals surface area contributed by atoms with Crippen LogP contribution in [0.5, 0.6) is 0 Å². The second-order valence-electron chi connectivity index (χ2n) is 10.7. The van der Waals surface area contributed by atoms with Crippen molar-refractivity contribution in [2.75, 3.05) is 0 Å². The summed E-state index contributed by atoms with van der Waals surface area (Å²) in [7, 11) is 0. The van der Waals surface area contributed by atoms with Crippen molar-refractivity contribution in [1.82, 2.24) is 0 Å². The lowest BCUT2D eigenvalue weighted by atomic mass is 9.53. The molecular formula is C29H33NO2. The number of benzene rings is 1. The number of aliphatic hydroxyl groups is 1. The van der Waals surface area contributed by atoms with E-state index in [1.54, 1.807) is 5.57 Å². The predicted molar refractivity (Wildman–Crippen MR) is 127 cm³/mol. The van der Waals surface area contributed by atoms with Crippen molar-refractivity contribution in [3.8, 4) is 6.07 Å². The van der Waals surface area contributed by atoms with Gasteiger partial charge in [0.25, 0.3) is 0 Å². The van der Waals surface area contributed by atoms with Crippen LogP contribution in [0.15, 0.2) is 53.6 Å². The van der Waals surface area contributed by atoms with Crippen LogP contribution >= 0.6 is 0 Å². The molecule has 32 heavy (non-hydrogen) atoms. The Morgan fingerprint density at radius 2 is 1.91 bits per heavy atom. The molecule has 5 rings (SSSR count). The Bertz CT molecular complexity index is 1090. The predicted octanol–water partition coefficient (Wildman–Crippen LogP) is 6.26. The summed E-state index contributed by atoms with van der Waals surface area (Å²) >= 11 is 0. The Labute approximate surface area is 191 Å². The molecule has 0 radical (unpaired) electrons. The number of carbonyl (C=O) groups is 1. The molecule has 1 N–H and O–H groups in total. The molecule has 0 unspecified atom stereocenters. The molecule has 0 bridgehead atoms. The maximum Gasteiger partial charge on any atom is 0.156 e. The topological polar surface area (TPSA) is 61.1 Å². The highest BCUT2D eigenvalue weighted by molar-refractivity contribution is 5.93. The van der Waals surface area contributed by atoms with Gasteiger partial charge in [0.2, 0.25) is 0 Å². The Hall–Kier alpha value is -2.44. The zero-order valence-electron chi connectivity index (χ0n) is 19.3. The van der Waals surface area contributed by atoms with Gasteiger partial charge in [-0.25, -0.2) is 0 Å². The molecule has 0 spiro atoms. The fourth-order valence-corrected chi connectivity index (χ4v) is 7.47. The summed E-state index contributed by atoms with van der Waals surface area (Å²) in [5, 5.41) is 22.4. The summed E-state index contributed by atoms with van der Waals surface area (Å²) in [6.45, 7) is 8.23. The van der Waals surface area contributed by atoms with Crippen LogP contribution in [0.2, 0.25) is 0 Å². The summed E-state index contributed by atoms with van der Waals surface area (Å²) in [6, 6.07) is 10.5. The number of hydrogen-bond acceptors (Lipinski definition) is 3. The lowest BCUT2D eigenvalue weighted by molar-refractivity contribution is -0.114. The first kappa shape index (κ1) is 21.4. The number of hydrogen-bond donors (Lipinski definition) is 1. The van der Waals surface area contributed by atoms with Crippen LogP contribution in [0.25, 0.3) is 5.57 Å². The minimum absolute atomic E-state index is 0.271. The molecule has 3 heteroatoms. The average Bonchev–Trinajstić information content (AvgIpc) is 3.05. The SMILES string of the molecule is C=C(C)c1ccc([C@H](C#N)[C@@]2(O)CC[C@H]3[C@@H]4CCC5=CC(=O)CCC5=C4CC[C@@]32C)cc1. The van der Waals surface area contributed by atoms with E-state index in [2.05, 4.69) is 19.6 Å². The quantitative estimate of drug-likeness (QED) is 0.619. The molecule has 4 aliphatic rings. The minimum atomic E-state index is -1.02. The van der Waals surface area contributed by atoms with Crippen LogP contribution < -0.4 is 0 Å². The summed E-state index contributed by atoms with van der Waals surface area (Å²) in [6.07, 6.45) is 8.99. The average molecular weight is 428 g/mol. The van der Waals surface area contributed by atoms with Gasteiger partial charge in [-0.3, -0.25) is 4.79 Å². The molecule has 3 nitrogen and oxygen atoms in total. The van der Waals surface area contributed by atoms with Gasteiger partial charge in [-0.05, 0) is 92.1 Å². The maximum absolute atomic E-state index is 12.2. The normalized spacial score (nSPS) is 34.7. The van der Waals surface area contributed by atoms with Gasteiger partial charge in [0, 0.05) is 11.8 Å². The molecule has 0 aliphatic heterocycles. The zero-order chi connectivity index (χ0) is 22.7. The first-order valence-corrected chi connectivity index (χ1v) is 12.1. The van der Waals surface area contributed by atoms with E-state index in [4.69, 9.17) is 0 Å². The van der Waals surface area contributed by atoms with E-state index >= 15 is 0 Å². The number of rotatable bonds is 3. The third kappa shape index (κ3) is 3.00. The van der Waals surface area contributed by atoms with Crippen LogP contribution in [-0.4, -0.2) is 16.5 Å². The molecule has 0 saturated heterocycles. The molecule has 1 aromatic carbocycles. The third-order valence-corrected chi connectivity index (χ3v) is 9.29. The van der Waals surface area contributed by atoms with Gasteiger partial charge < -0.3 is 5.11 Å². The number of ketones is 1. The van der Waals surface area contributed by atoms with Crippen molar-refractivity contribution in [3.63, 3.8) is 0 Å². The van der Waals surface area contributed by atoms with E-state index in [0.717, 1.165) is 55.2 Å². The van der Waals surface area contributed by atoms with E-state index in [-0.39, 0.29) is 11.2 Å². The lowest BCUT2D eigenvalue weighted by Gasteiger charge is -2.53. The summed E-state index contributed by atoms with van der Waals surface area (Å²) in [5.41, 5.74) is 5.96. The van der Waals surface area contributed by atoms with Gasteiger partial charge >= 0.3 is 0 Å². The molecule has 5 atom stereocenters. The lowest BCUT2D eigenvalue weighted by Crippen LogP contribution is -2.52. The highest BCUT2D eigenvalue weighted by atomic mass is 16.3. The number of nitrogens with zero attached hydrogens (tertiary/aromatic N) is 1. The van der Waals surface area contributed by atoms with E-state index < -0.39 is 11.5 Å². The highest BCUT2D eigenvalue weighted by Gasteiger charge is 2.63. The van der Waals surface area contributed by atoms with Crippen molar-refractivity contribution in [2.24, 2.45) is 17.3 Å². The van der Waals surface area contributed by atoms with Gasteiger partial charge in [0.1, 0.15) is 5.92 Å².